The smallest absolute Gasteiger partial charge is 0.239 e. The fourth-order valence-corrected chi connectivity index (χ4v) is 3.60. The molecule has 2 N–H and O–H groups in total. The van der Waals surface area contributed by atoms with Crippen LogP contribution in [0.4, 0.5) is 0 Å². The molecule has 20 heavy (non-hydrogen) atoms. The lowest BCUT2D eigenvalue weighted by Gasteiger charge is -2.38. The molecular weight excluding hydrogens is 252 g/mol. The van der Waals surface area contributed by atoms with E-state index in [0.717, 1.165) is 19.3 Å². The Kier molecular flexibility index (Phi) is 5.08. The first-order valence-electron chi connectivity index (χ1n) is 8.12. The predicted octanol–water partition coefficient (Wildman–Crippen LogP) is 1.92. The van der Waals surface area contributed by atoms with Crippen LogP contribution in [-0.2, 0) is 4.79 Å². The second-order valence-electron chi connectivity index (χ2n) is 7.08. The summed E-state index contributed by atoms with van der Waals surface area (Å²) >= 11 is 0. The van der Waals surface area contributed by atoms with Gasteiger partial charge in [-0.1, -0.05) is 19.3 Å². The van der Waals surface area contributed by atoms with Gasteiger partial charge in [0.1, 0.15) is 0 Å². The lowest BCUT2D eigenvalue weighted by atomic mass is 9.98. The van der Waals surface area contributed by atoms with E-state index in [1.807, 2.05) is 13.8 Å². The molecule has 4 nitrogen and oxygen atoms in total. The summed E-state index contributed by atoms with van der Waals surface area (Å²) in [6.07, 6.45) is 7.72. The van der Waals surface area contributed by atoms with Crippen molar-refractivity contribution in [1.82, 2.24) is 10.2 Å². The molecule has 2 atom stereocenters. The molecule has 2 aliphatic carbocycles. The van der Waals surface area contributed by atoms with Gasteiger partial charge in [-0.25, -0.2) is 0 Å². The van der Waals surface area contributed by atoms with E-state index >= 15 is 0 Å². The topological polar surface area (TPSA) is 52.6 Å². The molecule has 0 aliphatic heterocycles. The Labute approximate surface area is 122 Å². The number of hydrogen-bond acceptors (Lipinski definition) is 3. The van der Waals surface area contributed by atoms with E-state index in [2.05, 4.69) is 17.3 Å². The number of aliphatic hydroxyl groups is 1. The number of rotatable bonds is 5. The zero-order valence-electron chi connectivity index (χ0n) is 13.2. The Morgan fingerprint density at radius 1 is 1.20 bits per heavy atom. The Balaban J connectivity index is 1.85. The zero-order valence-corrected chi connectivity index (χ0v) is 13.2. The molecule has 0 spiro atoms. The monoisotopic (exact) mass is 282 g/mol. The first-order valence-corrected chi connectivity index (χ1v) is 8.12. The zero-order chi connectivity index (χ0) is 14.8. The number of hydrogen-bond donors (Lipinski definition) is 2. The molecule has 0 aromatic rings. The predicted molar refractivity (Wildman–Crippen MR) is 80.5 cm³/mol. The average molecular weight is 282 g/mol. The molecule has 2 saturated carbocycles. The van der Waals surface area contributed by atoms with Crippen molar-refractivity contribution in [3.63, 3.8) is 0 Å². The van der Waals surface area contributed by atoms with Crippen molar-refractivity contribution in [2.75, 3.05) is 13.6 Å². The van der Waals surface area contributed by atoms with Crippen molar-refractivity contribution < 1.29 is 9.90 Å². The van der Waals surface area contributed by atoms with Crippen LogP contribution < -0.4 is 5.32 Å². The van der Waals surface area contributed by atoms with Gasteiger partial charge in [0, 0.05) is 18.5 Å². The van der Waals surface area contributed by atoms with E-state index in [1.54, 1.807) is 0 Å². The van der Waals surface area contributed by atoms with Crippen molar-refractivity contribution in [2.24, 2.45) is 5.92 Å². The maximum atomic E-state index is 12.5. The van der Waals surface area contributed by atoms with Gasteiger partial charge >= 0.3 is 0 Å². The lowest BCUT2D eigenvalue weighted by Crippen LogP contribution is -2.56. The molecule has 0 aromatic heterocycles. The molecule has 1 amide bonds. The molecule has 2 rings (SSSR count). The summed E-state index contributed by atoms with van der Waals surface area (Å²) in [5.41, 5.74) is -0.474. The normalized spacial score (nSPS) is 28.2. The first kappa shape index (κ1) is 15.8. The van der Waals surface area contributed by atoms with E-state index in [4.69, 9.17) is 0 Å². The number of amides is 1. The number of likely N-dealkylation sites (N-methyl/N-ethyl adjacent to an activating group) is 1. The minimum Gasteiger partial charge on any atom is -0.393 e. The van der Waals surface area contributed by atoms with Crippen molar-refractivity contribution in [1.29, 1.82) is 0 Å². The third kappa shape index (κ3) is 3.34. The van der Waals surface area contributed by atoms with E-state index in [1.165, 1.54) is 25.7 Å². The maximum absolute atomic E-state index is 12.5. The van der Waals surface area contributed by atoms with Gasteiger partial charge in [-0.2, -0.15) is 0 Å². The van der Waals surface area contributed by atoms with Crippen molar-refractivity contribution >= 4 is 5.91 Å². The quantitative estimate of drug-likeness (QED) is 0.810. The van der Waals surface area contributed by atoms with Gasteiger partial charge in [-0.15, -0.1) is 0 Å². The summed E-state index contributed by atoms with van der Waals surface area (Å²) in [5.74, 6) is 0.331. The van der Waals surface area contributed by atoms with Gasteiger partial charge in [-0.3, -0.25) is 9.69 Å². The Bertz CT molecular complexity index is 337. The highest BCUT2D eigenvalue weighted by molar-refractivity contribution is 5.85. The molecule has 0 heterocycles. The van der Waals surface area contributed by atoms with Crippen molar-refractivity contribution in [3.8, 4) is 0 Å². The van der Waals surface area contributed by atoms with Gasteiger partial charge < -0.3 is 10.4 Å². The third-order valence-corrected chi connectivity index (χ3v) is 5.45. The molecule has 2 aliphatic rings. The Morgan fingerprint density at radius 2 is 1.85 bits per heavy atom. The van der Waals surface area contributed by atoms with Gasteiger partial charge in [0.15, 0.2) is 0 Å². The fourth-order valence-electron chi connectivity index (χ4n) is 3.60. The molecule has 0 saturated heterocycles. The van der Waals surface area contributed by atoms with Gasteiger partial charge in [0.25, 0.3) is 0 Å². The van der Waals surface area contributed by atoms with E-state index in [0.29, 0.717) is 12.6 Å². The van der Waals surface area contributed by atoms with Gasteiger partial charge in [0.05, 0.1) is 11.6 Å². The van der Waals surface area contributed by atoms with Crippen LogP contribution in [0.15, 0.2) is 0 Å². The van der Waals surface area contributed by atoms with E-state index < -0.39 is 5.54 Å². The highest BCUT2D eigenvalue weighted by Crippen LogP contribution is 2.28. The van der Waals surface area contributed by atoms with Crippen LogP contribution in [0.1, 0.15) is 58.8 Å². The van der Waals surface area contributed by atoms with Crippen LogP contribution in [-0.4, -0.2) is 47.2 Å². The summed E-state index contributed by atoms with van der Waals surface area (Å²) in [4.78, 5) is 14.7. The summed E-state index contributed by atoms with van der Waals surface area (Å²) in [6.45, 7) is 4.62. The lowest BCUT2D eigenvalue weighted by molar-refractivity contribution is -0.132. The molecule has 116 valence electrons. The molecule has 0 aromatic carbocycles. The van der Waals surface area contributed by atoms with Crippen LogP contribution >= 0.6 is 0 Å². The summed E-state index contributed by atoms with van der Waals surface area (Å²) in [6, 6.07) is 0.535. The third-order valence-electron chi connectivity index (χ3n) is 5.45. The number of aliphatic hydroxyl groups excluding tert-OH is 1. The molecule has 0 unspecified atom stereocenters. The fraction of sp³-hybridized carbons (Fsp3) is 0.938. The highest BCUT2D eigenvalue weighted by Gasteiger charge is 2.37. The molecule has 4 heteroatoms. The van der Waals surface area contributed by atoms with Crippen LogP contribution in [0, 0.1) is 5.92 Å². The summed E-state index contributed by atoms with van der Waals surface area (Å²) in [5, 5.41) is 12.9. The second-order valence-corrected chi connectivity index (χ2v) is 7.08. The number of nitrogens with zero attached hydrogens (tertiary/aromatic N) is 1. The second kappa shape index (κ2) is 6.44. The molecule has 2 fully saturated rings. The van der Waals surface area contributed by atoms with Gasteiger partial charge in [0.2, 0.25) is 5.91 Å². The van der Waals surface area contributed by atoms with Crippen molar-refractivity contribution in [2.45, 2.75) is 76.5 Å². The summed E-state index contributed by atoms with van der Waals surface area (Å²) < 4.78 is 0. The van der Waals surface area contributed by atoms with Crippen LogP contribution in [0.5, 0.6) is 0 Å². The molecule has 0 bridgehead atoms. The molecular formula is C16H30N2O2. The van der Waals surface area contributed by atoms with Gasteiger partial charge in [-0.05, 0) is 46.6 Å². The van der Waals surface area contributed by atoms with Crippen LogP contribution in [0.25, 0.3) is 0 Å². The summed E-state index contributed by atoms with van der Waals surface area (Å²) in [7, 11) is 2.07. The standard InChI is InChI=1S/C16H30N2O2/c1-16(2,18(3)13-8-4-5-9-13)15(20)17-11-12-7-6-10-14(12)19/h12-14,19H,4-11H2,1-3H3,(H,17,20)/t12-,14+/m0/s1. The van der Waals surface area contributed by atoms with Crippen LogP contribution in [0.3, 0.4) is 0 Å². The maximum Gasteiger partial charge on any atom is 0.239 e. The number of carbonyl (C=O) groups is 1. The minimum atomic E-state index is -0.474. The average Bonchev–Trinajstić information content (AvgIpc) is 3.06. The number of carbonyl (C=O) groups excluding carboxylic acids is 1. The number of nitrogens with one attached hydrogen (secondary N) is 1. The van der Waals surface area contributed by atoms with E-state index in [-0.39, 0.29) is 17.9 Å². The largest absolute Gasteiger partial charge is 0.393 e. The SMILES string of the molecule is CN(C1CCCC1)C(C)(C)C(=O)NC[C@@H]1CCC[C@H]1O. The Morgan fingerprint density at radius 3 is 2.40 bits per heavy atom. The van der Waals surface area contributed by atoms with Crippen molar-refractivity contribution in [3.05, 3.63) is 0 Å². The first-order chi connectivity index (χ1) is 9.43. The van der Waals surface area contributed by atoms with Crippen LogP contribution in [0.2, 0.25) is 0 Å². The molecule has 0 radical (unpaired) electrons. The van der Waals surface area contributed by atoms with E-state index in [9.17, 15) is 9.90 Å². The highest BCUT2D eigenvalue weighted by atomic mass is 16.3. The Hall–Kier alpha value is -0.610. The minimum absolute atomic E-state index is 0.0889.